The number of ketones is 1. The lowest BCUT2D eigenvalue weighted by molar-refractivity contribution is 0.103. The molecule has 1 aliphatic rings. The molecule has 0 atom stereocenters. The third kappa shape index (κ3) is 2.03. The van der Waals surface area contributed by atoms with Crippen LogP contribution in [0.25, 0.3) is 0 Å². The molecule has 0 amide bonds. The van der Waals surface area contributed by atoms with Gasteiger partial charge in [0, 0.05) is 12.0 Å². The minimum atomic E-state index is -0.628. The number of ether oxygens (including phenoxy) is 2. The van der Waals surface area contributed by atoms with Gasteiger partial charge < -0.3 is 9.47 Å². The second-order valence-corrected chi connectivity index (χ2v) is 4.57. The van der Waals surface area contributed by atoms with Crippen LogP contribution in [0.2, 0.25) is 0 Å². The number of fused-ring (bicyclic) bond motifs is 1. The quantitative estimate of drug-likeness (QED) is 0.806. The molecule has 3 nitrogen and oxygen atoms in total. The molecule has 0 unspecified atom stereocenters. The molecule has 2 aromatic rings. The van der Waals surface area contributed by atoms with Crippen LogP contribution in [0.4, 0.5) is 4.39 Å². The van der Waals surface area contributed by atoms with E-state index in [4.69, 9.17) is 9.47 Å². The number of halogens is 1. The van der Waals surface area contributed by atoms with Crippen LogP contribution < -0.4 is 9.47 Å². The van der Waals surface area contributed by atoms with E-state index < -0.39 is 5.82 Å². The summed E-state index contributed by atoms with van der Waals surface area (Å²) in [5.74, 6) is -0.110. The molecule has 0 radical (unpaired) electrons. The van der Waals surface area contributed by atoms with Crippen molar-refractivity contribution in [2.24, 2.45) is 0 Å². The first kappa shape index (κ1) is 12.7. The van der Waals surface area contributed by atoms with Crippen LogP contribution in [-0.2, 0) is 6.42 Å². The lowest BCUT2D eigenvalue weighted by Gasteiger charge is -2.07. The average molecular weight is 272 g/mol. The number of rotatable bonds is 3. The van der Waals surface area contributed by atoms with Crippen molar-refractivity contribution in [1.29, 1.82) is 0 Å². The Morgan fingerprint density at radius 3 is 2.95 bits per heavy atom. The highest BCUT2D eigenvalue weighted by atomic mass is 19.1. The van der Waals surface area contributed by atoms with Crippen LogP contribution in [0, 0.1) is 5.82 Å². The zero-order chi connectivity index (χ0) is 14.1. The van der Waals surface area contributed by atoms with Crippen molar-refractivity contribution in [3.8, 4) is 11.5 Å². The van der Waals surface area contributed by atoms with Crippen LogP contribution in [-0.4, -0.2) is 19.5 Å². The summed E-state index contributed by atoms with van der Waals surface area (Å²) in [6, 6.07) is 9.74. The van der Waals surface area contributed by atoms with E-state index in [-0.39, 0.29) is 17.1 Å². The van der Waals surface area contributed by atoms with Gasteiger partial charge in [-0.15, -0.1) is 0 Å². The topological polar surface area (TPSA) is 35.5 Å². The maximum atomic E-state index is 14.1. The standard InChI is InChI=1S/C16H13FO3/c1-19-14-4-2-3-12(15(14)17)16(18)11-5-6-13-10(9-11)7-8-20-13/h2-6,9H,7-8H2,1H3. The van der Waals surface area contributed by atoms with Crippen molar-refractivity contribution < 1.29 is 18.7 Å². The summed E-state index contributed by atoms with van der Waals surface area (Å²) in [5.41, 5.74) is 1.46. The van der Waals surface area contributed by atoms with Gasteiger partial charge in [-0.2, -0.15) is 0 Å². The van der Waals surface area contributed by atoms with E-state index in [1.54, 1.807) is 24.3 Å². The van der Waals surface area contributed by atoms with E-state index in [9.17, 15) is 9.18 Å². The van der Waals surface area contributed by atoms with E-state index in [1.165, 1.54) is 19.2 Å². The largest absolute Gasteiger partial charge is 0.494 e. The maximum absolute atomic E-state index is 14.1. The average Bonchev–Trinajstić information content (AvgIpc) is 2.94. The highest BCUT2D eigenvalue weighted by molar-refractivity contribution is 6.09. The molecular weight excluding hydrogens is 259 g/mol. The fourth-order valence-corrected chi connectivity index (χ4v) is 2.33. The van der Waals surface area contributed by atoms with Gasteiger partial charge in [0.1, 0.15) is 5.75 Å². The monoisotopic (exact) mass is 272 g/mol. The molecule has 3 rings (SSSR count). The molecule has 4 heteroatoms. The Morgan fingerprint density at radius 1 is 1.30 bits per heavy atom. The minimum Gasteiger partial charge on any atom is -0.494 e. The molecule has 0 aromatic heterocycles. The van der Waals surface area contributed by atoms with Gasteiger partial charge in [-0.3, -0.25) is 4.79 Å². The molecule has 0 saturated carbocycles. The Morgan fingerprint density at radius 2 is 2.15 bits per heavy atom. The molecule has 0 bridgehead atoms. The predicted molar refractivity (Wildman–Crippen MR) is 72.0 cm³/mol. The van der Waals surface area contributed by atoms with Gasteiger partial charge >= 0.3 is 0 Å². The van der Waals surface area contributed by atoms with Crippen LogP contribution in [0.5, 0.6) is 11.5 Å². The first-order valence-corrected chi connectivity index (χ1v) is 6.33. The number of hydrogen-bond donors (Lipinski definition) is 0. The minimum absolute atomic E-state index is 0.0169. The predicted octanol–water partition coefficient (Wildman–Crippen LogP) is 3.00. The summed E-state index contributed by atoms with van der Waals surface area (Å²) in [6.07, 6.45) is 0.775. The second-order valence-electron chi connectivity index (χ2n) is 4.57. The first-order valence-electron chi connectivity index (χ1n) is 6.33. The Bertz CT molecular complexity index is 679. The third-order valence-electron chi connectivity index (χ3n) is 3.38. The van der Waals surface area contributed by atoms with Crippen LogP contribution in [0.15, 0.2) is 36.4 Å². The number of carbonyl (C=O) groups is 1. The molecule has 0 spiro atoms. The first-order chi connectivity index (χ1) is 9.70. The molecular formula is C16H13FO3. The van der Waals surface area contributed by atoms with Gasteiger partial charge in [0.25, 0.3) is 0 Å². The van der Waals surface area contributed by atoms with Crippen LogP contribution in [0.1, 0.15) is 21.5 Å². The normalized spacial score (nSPS) is 12.7. The Hall–Kier alpha value is -2.36. The summed E-state index contributed by atoms with van der Waals surface area (Å²) in [4.78, 5) is 12.4. The maximum Gasteiger partial charge on any atom is 0.196 e. The number of hydrogen-bond acceptors (Lipinski definition) is 3. The van der Waals surface area contributed by atoms with E-state index >= 15 is 0 Å². The Labute approximate surface area is 115 Å². The zero-order valence-electron chi connectivity index (χ0n) is 11.0. The molecule has 0 saturated heterocycles. The van der Waals surface area contributed by atoms with Crippen LogP contribution in [0.3, 0.4) is 0 Å². The van der Waals surface area contributed by atoms with E-state index in [2.05, 4.69) is 0 Å². The fraction of sp³-hybridized carbons (Fsp3) is 0.188. The SMILES string of the molecule is COc1cccc(C(=O)c2ccc3c(c2)CCO3)c1F. The number of methoxy groups -OCH3 is 1. The Balaban J connectivity index is 2.01. The van der Waals surface area contributed by atoms with E-state index in [0.29, 0.717) is 12.2 Å². The molecule has 1 aliphatic heterocycles. The molecule has 20 heavy (non-hydrogen) atoms. The molecule has 1 heterocycles. The van der Waals surface area contributed by atoms with Crippen LogP contribution >= 0.6 is 0 Å². The summed E-state index contributed by atoms with van der Waals surface area (Å²) < 4.78 is 24.4. The third-order valence-corrected chi connectivity index (χ3v) is 3.38. The van der Waals surface area contributed by atoms with E-state index in [1.807, 2.05) is 0 Å². The lowest BCUT2D eigenvalue weighted by atomic mass is 10.00. The van der Waals surface area contributed by atoms with Crippen molar-refractivity contribution in [2.75, 3.05) is 13.7 Å². The number of carbonyl (C=O) groups excluding carboxylic acids is 1. The zero-order valence-corrected chi connectivity index (χ0v) is 11.0. The summed E-state index contributed by atoms with van der Waals surface area (Å²) in [7, 11) is 1.37. The molecule has 102 valence electrons. The fourth-order valence-electron chi connectivity index (χ4n) is 2.33. The van der Waals surface area contributed by atoms with Gasteiger partial charge in [0.2, 0.25) is 0 Å². The van der Waals surface area contributed by atoms with Gasteiger partial charge in [-0.25, -0.2) is 4.39 Å². The smallest absolute Gasteiger partial charge is 0.196 e. The lowest BCUT2D eigenvalue weighted by Crippen LogP contribution is -2.05. The van der Waals surface area contributed by atoms with Crippen molar-refractivity contribution in [2.45, 2.75) is 6.42 Å². The highest BCUT2D eigenvalue weighted by Crippen LogP contribution is 2.28. The summed E-state index contributed by atoms with van der Waals surface area (Å²) >= 11 is 0. The van der Waals surface area contributed by atoms with Crippen molar-refractivity contribution in [3.05, 3.63) is 58.9 Å². The molecule has 2 aromatic carbocycles. The van der Waals surface area contributed by atoms with Crippen molar-refractivity contribution in [3.63, 3.8) is 0 Å². The molecule has 0 fully saturated rings. The van der Waals surface area contributed by atoms with E-state index in [0.717, 1.165) is 17.7 Å². The van der Waals surface area contributed by atoms with Gasteiger partial charge in [-0.1, -0.05) is 6.07 Å². The van der Waals surface area contributed by atoms with Gasteiger partial charge in [-0.05, 0) is 35.9 Å². The van der Waals surface area contributed by atoms with Crippen molar-refractivity contribution >= 4 is 5.78 Å². The van der Waals surface area contributed by atoms with Gasteiger partial charge in [0.05, 0.1) is 19.3 Å². The number of benzene rings is 2. The van der Waals surface area contributed by atoms with Crippen molar-refractivity contribution in [1.82, 2.24) is 0 Å². The molecule has 0 N–H and O–H groups in total. The molecule has 0 aliphatic carbocycles. The Kier molecular flexibility index (Phi) is 3.14. The highest BCUT2D eigenvalue weighted by Gasteiger charge is 2.20. The van der Waals surface area contributed by atoms with Gasteiger partial charge in [0.15, 0.2) is 17.3 Å². The summed E-state index contributed by atoms with van der Waals surface area (Å²) in [6.45, 7) is 0.625. The second kappa shape index (κ2) is 4.96. The summed E-state index contributed by atoms with van der Waals surface area (Å²) in [5, 5.41) is 0.